The zero-order chi connectivity index (χ0) is 25.9. The highest BCUT2D eigenvalue weighted by Gasteiger charge is 2.32. The molecular formula is C27H26N6O2S2. The molecule has 1 aromatic carbocycles. The number of carbonyl (C=O) groups is 1. The fourth-order valence-electron chi connectivity index (χ4n) is 4.11. The number of nitrogens with one attached hydrogen (secondary N) is 1. The van der Waals surface area contributed by atoms with Crippen molar-refractivity contribution in [1.82, 2.24) is 23.8 Å². The zero-order valence-electron chi connectivity index (χ0n) is 20.5. The van der Waals surface area contributed by atoms with E-state index in [1.807, 2.05) is 61.0 Å². The molecule has 0 radical (unpaired) electrons. The number of thioether (sulfide) groups is 1. The van der Waals surface area contributed by atoms with Crippen molar-refractivity contribution >= 4 is 51.7 Å². The number of carbonyl (C=O) groups excluding carboxylic acids is 1. The molecule has 1 aliphatic heterocycles. The Labute approximate surface area is 224 Å². The van der Waals surface area contributed by atoms with Gasteiger partial charge >= 0.3 is 0 Å². The Hall–Kier alpha value is -3.76. The standard InChI is InChI=1S/C27H26N6O2S2/c1-18-6-8-20(9-7-18)16-33-26(35)22(37-27(33)36)15-21-23(29-10-4-12-31-14-11-28-17-31)30-24-19(2)5-3-13-32(24)25(21)34/h3,5-9,11,13-15,17,29H,4,10,12,16H2,1-2H3/b22-15-. The van der Waals surface area contributed by atoms with Crippen LogP contribution in [0.1, 0.15) is 28.7 Å². The second-order valence-corrected chi connectivity index (χ2v) is 10.6. The number of aromatic nitrogens is 4. The van der Waals surface area contributed by atoms with Gasteiger partial charge in [0.2, 0.25) is 0 Å². The van der Waals surface area contributed by atoms with Crippen LogP contribution < -0.4 is 10.9 Å². The van der Waals surface area contributed by atoms with Crippen LogP contribution in [0.5, 0.6) is 0 Å². The Morgan fingerprint density at radius 3 is 2.68 bits per heavy atom. The molecule has 1 amide bonds. The van der Waals surface area contributed by atoms with Crippen LogP contribution in [0.25, 0.3) is 11.7 Å². The summed E-state index contributed by atoms with van der Waals surface area (Å²) in [6.45, 7) is 5.71. The van der Waals surface area contributed by atoms with Crippen LogP contribution in [0, 0.1) is 13.8 Å². The first-order valence-corrected chi connectivity index (χ1v) is 13.2. The molecule has 0 unspecified atom stereocenters. The maximum Gasteiger partial charge on any atom is 0.267 e. The number of hydrogen-bond acceptors (Lipinski definition) is 7. The van der Waals surface area contributed by atoms with Gasteiger partial charge in [-0.1, -0.05) is 59.9 Å². The van der Waals surface area contributed by atoms with E-state index < -0.39 is 0 Å². The molecule has 10 heteroatoms. The van der Waals surface area contributed by atoms with E-state index >= 15 is 0 Å². The molecule has 1 N–H and O–H groups in total. The van der Waals surface area contributed by atoms with Crippen molar-refractivity contribution in [3.05, 3.63) is 98.8 Å². The topological polar surface area (TPSA) is 84.5 Å². The van der Waals surface area contributed by atoms with Gasteiger partial charge in [0.15, 0.2) is 0 Å². The quantitative estimate of drug-likeness (QED) is 0.205. The molecule has 37 heavy (non-hydrogen) atoms. The second kappa shape index (κ2) is 10.7. The molecule has 0 aliphatic carbocycles. The molecule has 188 valence electrons. The van der Waals surface area contributed by atoms with Crippen molar-refractivity contribution in [2.24, 2.45) is 0 Å². The first-order chi connectivity index (χ1) is 17.9. The number of benzene rings is 1. The summed E-state index contributed by atoms with van der Waals surface area (Å²) < 4.78 is 3.98. The normalized spacial score (nSPS) is 14.8. The number of fused-ring (bicyclic) bond motifs is 1. The van der Waals surface area contributed by atoms with E-state index in [1.165, 1.54) is 16.2 Å². The van der Waals surface area contributed by atoms with Gasteiger partial charge in [-0.3, -0.25) is 18.9 Å². The maximum atomic E-state index is 13.6. The van der Waals surface area contributed by atoms with Crippen LogP contribution in [0.4, 0.5) is 5.82 Å². The molecule has 0 spiro atoms. The van der Waals surface area contributed by atoms with Crippen LogP contribution in [-0.2, 0) is 17.9 Å². The van der Waals surface area contributed by atoms with Gasteiger partial charge < -0.3 is 9.88 Å². The average Bonchev–Trinajstić information content (AvgIpc) is 3.49. The smallest absolute Gasteiger partial charge is 0.267 e. The molecule has 1 saturated heterocycles. The first-order valence-electron chi connectivity index (χ1n) is 11.9. The molecule has 0 saturated carbocycles. The Kier molecular flexibility index (Phi) is 7.20. The highest BCUT2D eigenvalue weighted by atomic mass is 32.2. The molecule has 1 aliphatic rings. The summed E-state index contributed by atoms with van der Waals surface area (Å²) in [5.41, 5.74) is 3.70. The van der Waals surface area contributed by atoms with Crippen LogP contribution in [0.3, 0.4) is 0 Å². The largest absolute Gasteiger partial charge is 0.369 e. The number of imidazole rings is 1. The average molecular weight is 531 g/mol. The predicted molar refractivity (Wildman–Crippen MR) is 151 cm³/mol. The predicted octanol–water partition coefficient (Wildman–Crippen LogP) is 4.41. The highest BCUT2D eigenvalue weighted by molar-refractivity contribution is 8.26. The molecule has 1 fully saturated rings. The number of nitrogens with zero attached hydrogens (tertiary/aromatic N) is 5. The van der Waals surface area contributed by atoms with Gasteiger partial charge in [-0.05, 0) is 43.5 Å². The molecule has 0 atom stereocenters. The van der Waals surface area contributed by atoms with Gasteiger partial charge in [-0.25, -0.2) is 9.97 Å². The van der Waals surface area contributed by atoms with Crippen molar-refractivity contribution in [3.8, 4) is 0 Å². The lowest BCUT2D eigenvalue weighted by atomic mass is 10.1. The Bertz CT molecular complexity index is 1560. The zero-order valence-corrected chi connectivity index (χ0v) is 22.2. The van der Waals surface area contributed by atoms with E-state index in [2.05, 4.69) is 10.3 Å². The van der Waals surface area contributed by atoms with E-state index in [0.717, 1.165) is 29.7 Å². The number of pyridine rings is 1. The van der Waals surface area contributed by atoms with Gasteiger partial charge in [-0.2, -0.15) is 0 Å². The van der Waals surface area contributed by atoms with Crippen LogP contribution in [-0.4, -0.2) is 40.6 Å². The minimum Gasteiger partial charge on any atom is -0.369 e. The van der Waals surface area contributed by atoms with Crippen molar-refractivity contribution in [2.75, 3.05) is 11.9 Å². The van der Waals surface area contributed by atoms with E-state index in [0.29, 0.717) is 39.3 Å². The summed E-state index contributed by atoms with van der Waals surface area (Å²) in [6.07, 6.45) is 9.55. The molecule has 8 nitrogen and oxygen atoms in total. The van der Waals surface area contributed by atoms with Crippen LogP contribution in [0.15, 0.2) is 71.0 Å². The molecule has 5 rings (SSSR count). The minimum absolute atomic E-state index is 0.213. The van der Waals surface area contributed by atoms with E-state index in [1.54, 1.807) is 29.7 Å². The van der Waals surface area contributed by atoms with Gasteiger partial charge in [0, 0.05) is 31.7 Å². The Morgan fingerprint density at radius 1 is 1.11 bits per heavy atom. The lowest BCUT2D eigenvalue weighted by Gasteiger charge is -2.14. The van der Waals surface area contributed by atoms with Crippen molar-refractivity contribution in [3.63, 3.8) is 0 Å². The summed E-state index contributed by atoms with van der Waals surface area (Å²) in [5.74, 6) is 0.240. The Balaban J connectivity index is 1.45. The first kappa shape index (κ1) is 24.9. The third-order valence-electron chi connectivity index (χ3n) is 6.14. The van der Waals surface area contributed by atoms with Gasteiger partial charge in [0.05, 0.1) is 23.3 Å². The van der Waals surface area contributed by atoms with E-state index in [4.69, 9.17) is 17.2 Å². The van der Waals surface area contributed by atoms with Crippen molar-refractivity contribution < 1.29 is 4.79 Å². The minimum atomic E-state index is -0.241. The summed E-state index contributed by atoms with van der Waals surface area (Å²) in [7, 11) is 0. The highest BCUT2D eigenvalue weighted by Crippen LogP contribution is 2.34. The number of hydrogen-bond donors (Lipinski definition) is 1. The lowest BCUT2D eigenvalue weighted by Crippen LogP contribution is -2.27. The number of aryl methyl sites for hydroxylation is 3. The Morgan fingerprint density at radius 2 is 1.92 bits per heavy atom. The number of amides is 1. The van der Waals surface area contributed by atoms with E-state index in [9.17, 15) is 9.59 Å². The number of rotatable bonds is 8. The lowest BCUT2D eigenvalue weighted by molar-refractivity contribution is -0.122. The number of anilines is 1. The molecule has 4 heterocycles. The van der Waals surface area contributed by atoms with Crippen LogP contribution >= 0.6 is 24.0 Å². The molecule has 0 bridgehead atoms. The molecular weight excluding hydrogens is 504 g/mol. The number of thiocarbonyl (C=S) groups is 1. The fraction of sp³-hybridized carbons (Fsp3) is 0.222. The van der Waals surface area contributed by atoms with Gasteiger partial charge in [0.1, 0.15) is 15.8 Å². The molecule has 4 aromatic rings. The van der Waals surface area contributed by atoms with E-state index in [-0.39, 0.29) is 11.5 Å². The van der Waals surface area contributed by atoms with Crippen LogP contribution in [0.2, 0.25) is 0 Å². The summed E-state index contributed by atoms with van der Waals surface area (Å²) in [4.78, 5) is 37.7. The summed E-state index contributed by atoms with van der Waals surface area (Å²) >= 11 is 6.73. The van der Waals surface area contributed by atoms with Crippen molar-refractivity contribution in [1.29, 1.82) is 0 Å². The monoisotopic (exact) mass is 530 g/mol. The third-order valence-corrected chi connectivity index (χ3v) is 7.52. The molecule has 3 aromatic heterocycles. The summed E-state index contributed by atoms with van der Waals surface area (Å²) in [6, 6.07) is 11.7. The third kappa shape index (κ3) is 5.35. The maximum absolute atomic E-state index is 13.6. The SMILES string of the molecule is Cc1ccc(CN2C(=O)/C(=C/c3c(NCCCn4ccnc4)nc4c(C)cccn4c3=O)SC2=S)cc1. The summed E-state index contributed by atoms with van der Waals surface area (Å²) in [5, 5.41) is 3.32. The van der Waals surface area contributed by atoms with Crippen molar-refractivity contribution in [2.45, 2.75) is 33.4 Å². The fourth-order valence-corrected chi connectivity index (χ4v) is 5.34. The van der Waals surface area contributed by atoms with Gasteiger partial charge in [0.25, 0.3) is 11.5 Å². The van der Waals surface area contributed by atoms with Gasteiger partial charge in [-0.15, -0.1) is 0 Å². The second-order valence-electron chi connectivity index (χ2n) is 8.90.